The molecule has 0 aromatic heterocycles. The summed E-state index contributed by atoms with van der Waals surface area (Å²) in [4.78, 5) is 25.5. The SMILES string of the molecule is Cc1ccc(NC(=O)C(Nc2cccc(C(=O)NC3CC3)c2)c2ccccc2)cc1. The van der Waals surface area contributed by atoms with Crippen LogP contribution in [0.5, 0.6) is 0 Å². The third-order valence-electron chi connectivity index (χ3n) is 5.06. The number of nitrogens with one attached hydrogen (secondary N) is 3. The van der Waals surface area contributed by atoms with Crippen LogP contribution in [0.25, 0.3) is 0 Å². The Morgan fingerprint density at radius 1 is 0.867 bits per heavy atom. The third-order valence-corrected chi connectivity index (χ3v) is 5.06. The van der Waals surface area contributed by atoms with Crippen molar-refractivity contribution in [2.24, 2.45) is 0 Å². The van der Waals surface area contributed by atoms with E-state index in [1.165, 1.54) is 0 Å². The topological polar surface area (TPSA) is 70.2 Å². The molecule has 0 bridgehead atoms. The van der Waals surface area contributed by atoms with Crippen molar-refractivity contribution in [3.63, 3.8) is 0 Å². The fraction of sp³-hybridized carbons (Fsp3) is 0.200. The number of hydrogen-bond donors (Lipinski definition) is 3. The molecule has 5 heteroatoms. The lowest BCUT2D eigenvalue weighted by atomic mass is 10.0. The average Bonchev–Trinajstić information content (AvgIpc) is 3.58. The first-order chi connectivity index (χ1) is 14.6. The van der Waals surface area contributed by atoms with Crippen LogP contribution in [-0.4, -0.2) is 17.9 Å². The Bertz CT molecular complexity index is 1030. The largest absolute Gasteiger partial charge is 0.370 e. The summed E-state index contributed by atoms with van der Waals surface area (Å²) in [7, 11) is 0. The number of carbonyl (C=O) groups is 2. The van der Waals surface area contributed by atoms with Gasteiger partial charge >= 0.3 is 0 Å². The zero-order chi connectivity index (χ0) is 20.9. The lowest BCUT2D eigenvalue weighted by Crippen LogP contribution is -2.28. The van der Waals surface area contributed by atoms with Gasteiger partial charge in [0.05, 0.1) is 0 Å². The van der Waals surface area contributed by atoms with Crippen molar-refractivity contribution in [3.05, 3.63) is 95.6 Å². The second kappa shape index (κ2) is 8.82. The Kier molecular flexibility index (Phi) is 5.80. The summed E-state index contributed by atoms with van der Waals surface area (Å²) >= 11 is 0. The van der Waals surface area contributed by atoms with E-state index in [0.29, 0.717) is 17.3 Å². The summed E-state index contributed by atoms with van der Waals surface area (Å²) in [5.74, 6) is -0.251. The molecule has 1 atom stereocenters. The normalized spacial score (nSPS) is 13.9. The lowest BCUT2D eigenvalue weighted by Gasteiger charge is -2.20. The van der Waals surface area contributed by atoms with Gasteiger partial charge in [0.25, 0.3) is 11.8 Å². The van der Waals surface area contributed by atoms with E-state index in [4.69, 9.17) is 0 Å². The molecule has 3 N–H and O–H groups in total. The van der Waals surface area contributed by atoms with Crippen molar-refractivity contribution in [1.29, 1.82) is 0 Å². The van der Waals surface area contributed by atoms with Crippen molar-refractivity contribution in [1.82, 2.24) is 5.32 Å². The number of anilines is 2. The molecule has 3 aromatic rings. The lowest BCUT2D eigenvalue weighted by molar-refractivity contribution is -0.117. The predicted octanol–water partition coefficient (Wildman–Crippen LogP) is 4.68. The molecule has 1 aliphatic rings. The maximum Gasteiger partial charge on any atom is 0.251 e. The van der Waals surface area contributed by atoms with Crippen molar-refractivity contribution < 1.29 is 9.59 Å². The molecule has 0 spiro atoms. The van der Waals surface area contributed by atoms with Gasteiger partial charge in [-0.1, -0.05) is 54.1 Å². The third kappa shape index (κ3) is 5.06. The molecule has 4 rings (SSSR count). The van der Waals surface area contributed by atoms with Crippen molar-refractivity contribution in [3.8, 4) is 0 Å². The first-order valence-electron chi connectivity index (χ1n) is 10.2. The van der Waals surface area contributed by atoms with Crippen LogP contribution in [-0.2, 0) is 4.79 Å². The molecule has 0 saturated heterocycles. The highest BCUT2D eigenvalue weighted by molar-refractivity contribution is 5.98. The highest BCUT2D eigenvalue weighted by Crippen LogP contribution is 2.24. The van der Waals surface area contributed by atoms with E-state index in [0.717, 1.165) is 29.7 Å². The van der Waals surface area contributed by atoms with Gasteiger partial charge in [0, 0.05) is 23.0 Å². The van der Waals surface area contributed by atoms with Gasteiger partial charge < -0.3 is 16.0 Å². The maximum atomic E-state index is 13.1. The van der Waals surface area contributed by atoms with Gasteiger partial charge in [0.1, 0.15) is 6.04 Å². The van der Waals surface area contributed by atoms with E-state index in [9.17, 15) is 9.59 Å². The van der Waals surface area contributed by atoms with Gasteiger partial charge in [-0.3, -0.25) is 9.59 Å². The van der Waals surface area contributed by atoms with Crippen LogP contribution in [0.15, 0.2) is 78.9 Å². The molecule has 1 aliphatic carbocycles. The van der Waals surface area contributed by atoms with Gasteiger partial charge in [0.2, 0.25) is 0 Å². The zero-order valence-electron chi connectivity index (χ0n) is 16.9. The van der Waals surface area contributed by atoms with Gasteiger partial charge in [-0.05, 0) is 55.7 Å². The Morgan fingerprint density at radius 3 is 2.30 bits per heavy atom. The van der Waals surface area contributed by atoms with Crippen LogP contribution in [0.1, 0.15) is 40.4 Å². The molecule has 0 aliphatic heterocycles. The number of amides is 2. The molecule has 0 radical (unpaired) electrons. The van der Waals surface area contributed by atoms with Crippen LogP contribution in [0.4, 0.5) is 11.4 Å². The minimum absolute atomic E-state index is 0.0819. The number of benzene rings is 3. The molecule has 3 aromatic carbocycles. The van der Waals surface area contributed by atoms with Gasteiger partial charge in [0.15, 0.2) is 0 Å². The van der Waals surface area contributed by atoms with E-state index >= 15 is 0 Å². The van der Waals surface area contributed by atoms with Crippen LogP contribution in [0.2, 0.25) is 0 Å². The number of aryl methyl sites for hydroxylation is 1. The first kappa shape index (κ1) is 19.7. The van der Waals surface area contributed by atoms with Gasteiger partial charge in [-0.25, -0.2) is 0 Å². The maximum absolute atomic E-state index is 13.1. The molecule has 1 fully saturated rings. The Morgan fingerprint density at radius 2 is 1.60 bits per heavy atom. The van der Waals surface area contributed by atoms with Crippen molar-refractivity contribution >= 4 is 23.2 Å². The molecule has 5 nitrogen and oxygen atoms in total. The number of carbonyl (C=O) groups excluding carboxylic acids is 2. The van der Waals surface area contributed by atoms with Crippen LogP contribution in [0, 0.1) is 6.92 Å². The second-order valence-electron chi connectivity index (χ2n) is 7.67. The van der Waals surface area contributed by atoms with E-state index in [1.807, 2.05) is 73.7 Å². The molecule has 152 valence electrons. The first-order valence-corrected chi connectivity index (χ1v) is 10.2. The Balaban J connectivity index is 1.55. The predicted molar refractivity (Wildman–Crippen MR) is 120 cm³/mol. The monoisotopic (exact) mass is 399 g/mol. The summed E-state index contributed by atoms with van der Waals surface area (Å²) in [5.41, 5.74) is 4.01. The van der Waals surface area contributed by atoms with E-state index in [2.05, 4.69) is 16.0 Å². The molecule has 1 saturated carbocycles. The highest BCUT2D eigenvalue weighted by atomic mass is 16.2. The van der Waals surface area contributed by atoms with Crippen LogP contribution >= 0.6 is 0 Å². The summed E-state index contributed by atoms with van der Waals surface area (Å²) < 4.78 is 0. The van der Waals surface area contributed by atoms with Gasteiger partial charge in [-0.15, -0.1) is 0 Å². The smallest absolute Gasteiger partial charge is 0.251 e. The van der Waals surface area contributed by atoms with Crippen LogP contribution < -0.4 is 16.0 Å². The highest BCUT2D eigenvalue weighted by Gasteiger charge is 2.24. The number of hydrogen-bond acceptors (Lipinski definition) is 3. The van der Waals surface area contributed by atoms with Crippen LogP contribution in [0.3, 0.4) is 0 Å². The Hall–Kier alpha value is -3.60. The van der Waals surface area contributed by atoms with Crippen molar-refractivity contribution in [2.45, 2.75) is 31.8 Å². The quantitative estimate of drug-likeness (QED) is 0.540. The molecule has 0 heterocycles. The Labute approximate surface area is 176 Å². The molecule has 30 heavy (non-hydrogen) atoms. The van der Waals surface area contributed by atoms with E-state index in [-0.39, 0.29) is 11.8 Å². The van der Waals surface area contributed by atoms with E-state index < -0.39 is 6.04 Å². The summed E-state index contributed by atoms with van der Waals surface area (Å²) in [6.45, 7) is 2.01. The molecule has 2 amide bonds. The molecular formula is C25H25N3O2. The minimum atomic E-state index is -0.603. The summed E-state index contributed by atoms with van der Waals surface area (Å²) in [6.07, 6.45) is 2.08. The van der Waals surface area contributed by atoms with Crippen molar-refractivity contribution in [2.75, 3.05) is 10.6 Å². The zero-order valence-corrected chi connectivity index (χ0v) is 16.9. The fourth-order valence-electron chi connectivity index (χ4n) is 3.21. The van der Waals surface area contributed by atoms with Gasteiger partial charge in [-0.2, -0.15) is 0 Å². The molecule has 1 unspecified atom stereocenters. The number of rotatable bonds is 7. The minimum Gasteiger partial charge on any atom is -0.370 e. The fourth-order valence-corrected chi connectivity index (χ4v) is 3.21. The second-order valence-corrected chi connectivity index (χ2v) is 7.67. The molecular weight excluding hydrogens is 374 g/mol. The average molecular weight is 399 g/mol. The standard InChI is InChI=1S/C25H25N3O2/c1-17-10-12-20(13-11-17)28-25(30)23(18-6-3-2-4-7-18)26-22-9-5-8-19(16-22)24(29)27-21-14-15-21/h2-13,16,21,23,26H,14-15H2,1H3,(H,27,29)(H,28,30). The van der Waals surface area contributed by atoms with E-state index in [1.54, 1.807) is 12.1 Å². The summed E-state index contributed by atoms with van der Waals surface area (Å²) in [6, 6.07) is 24.2. The summed E-state index contributed by atoms with van der Waals surface area (Å²) in [5, 5.41) is 9.27.